The van der Waals surface area contributed by atoms with Crippen molar-refractivity contribution in [2.45, 2.75) is 33.1 Å². The van der Waals surface area contributed by atoms with E-state index < -0.39 is 0 Å². The lowest BCUT2D eigenvalue weighted by Crippen LogP contribution is -2.27. The van der Waals surface area contributed by atoms with E-state index in [0.29, 0.717) is 6.67 Å². The van der Waals surface area contributed by atoms with Crippen LogP contribution in [0.2, 0.25) is 0 Å². The van der Waals surface area contributed by atoms with E-state index in [1.165, 1.54) is 25.0 Å². The predicted molar refractivity (Wildman–Crippen MR) is 47.9 cm³/mol. The van der Waals surface area contributed by atoms with Crippen LogP contribution in [0.4, 0.5) is 0 Å². The summed E-state index contributed by atoms with van der Waals surface area (Å²) in [5.74, 6) is 0.778. The van der Waals surface area contributed by atoms with Gasteiger partial charge in [0.2, 0.25) is 0 Å². The van der Waals surface area contributed by atoms with E-state index in [1.807, 2.05) is 0 Å². The van der Waals surface area contributed by atoms with Crippen LogP contribution in [0.5, 0.6) is 0 Å². The third-order valence-corrected chi connectivity index (χ3v) is 2.07. The fourth-order valence-electron chi connectivity index (χ4n) is 1.48. The standard InChI is InChI=1S/C9H18N2/c1-7(2)5-8-3-4-9(8)11-6-10/h7,11H,3-6,10H2,1-2H3. The fraction of sp³-hybridized carbons (Fsp3) is 0.778. The second-order valence-electron chi connectivity index (χ2n) is 3.56. The van der Waals surface area contributed by atoms with Gasteiger partial charge in [-0.15, -0.1) is 0 Å². The van der Waals surface area contributed by atoms with Crippen molar-refractivity contribution in [1.29, 1.82) is 0 Å². The largest absolute Gasteiger partial charge is 0.376 e. The number of nitrogens with two attached hydrogens (primary N) is 1. The molecule has 1 aliphatic carbocycles. The second kappa shape index (κ2) is 3.77. The highest BCUT2D eigenvalue weighted by atomic mass is 15.0. The molecule has 3 N–H and O–H groups in total. The zero-order valence-electron chi connectivity index (χ0n) is 7.48. The van der Waals surface area contributed by atoms with E-state index in [-0.39, 0.29) is 0 Å². The van der Waals surface area contributed by atoms with Crippen molar-refractivity contribution in [3.63, 3.8) is 0 Å². The van der Waals surface area contributed by atoms with Gasteiger partial charge in [0.05, 0.1) is 6.67 Å². The lowest BCUT2D eigenvalue weighted by Gasteiger charge is -2.25. The van der Waals surface area contributed by atoms with Gasteiger partial charge >= 0.3 is 0 Å². The molecule has 0 spiro atoms. The SMILES string of the molecule is CC(C)CC1=C(NCN)CC1. The molecular formula is C9H18N2. The highest BCUT2D eigenvalue weighted by molar-refractivity contribution is 5.22. The van der Waals surface area contributed by atoms with Crippen LogP contribution in [-0.2, 0) is 0 Å². The first-order chi connectivity index (χ1) is 5.24. The van der Waals surface area contributed by atoms with Crippen LogP contribution in [0.3, 0.4) is 0 Å². The maximum absolute atomic E-state index is 5.39. The molecule has 64 valence electrons. The molecule has 1 rings (SSSR count). The van der Waals surface area contributed by atoms with Crippen LogP contribution in [0.15, 0.2) is 11.3 Å². The molecule has 0 bridgehead atoms. The molecule has 0 aliphatic heterocycles. The molecule has 0 heterocycles. The summed E-state index contributed by atoms with van der Waals surface area (Å²) < 4.78 is 0. The Labute approximate surface area is 68.9 Å². The molecule has 0 aromatic heterocycles. The lowest BCUT2D eigenvalue weighted by atomic mass is 9.87. The summed E-state index contributed by atoms with van der Waals surface area (Å²) in [4.78, 5) is 0. The molecule has 1 aliphatic rings. The summed E-state index contributed by atoms with van der Waals surface area (Å²) in [5, 5.41) is 3.19. The van der Waals surface area contributed by atoms with Gasteiger partial charge in [-0.1, -0.05) is 19.4 Å². The van der Waals surface area contributed by atoms with E-state index in [9.17, 15) is 0 Å². The minimum absolute atomic E-state index is 0.580. The van der Waals surface area contributed by atoms with Gasteiger partial charge in [-0.05, 0) is 25.2 Å². The summed E-state index contributed by atoms with van der Waals surface area (Å²) in [7, 11) is 0. The Hall–Kier alpha value is -0.500. The molecule has 0 unspecified atom stereocenters. The van der Waals surface area contributed by atoms with Crippen LogP contribution in [-0.4, -0.2) is 6.67 Å². The molecule has 2 nitrogen and oxygen atoms in total. The van der Waals surface area contributed by atoms with Crippen LogP contribution in [0, 0.1) is 5.92 Å². The number of rotatable bonds is 4. The monoisotopic (exact) mass is 154 g/mol. The summed E-state index contributed by atoms with van der Waals surface area (Å²) in [6, 6.07) is 0. The van der Waals surface area contributed by atoms with Crippen LogP contribution in [0.1, 0.15) is 33.1 Å². The summed E-state index contributed by atoms with van der Waals surface area (Å²) in [5.41, 5.74) is 8.38. The first kappa shape index (κ1) is 8.60. The van der Waals surface area contributed by atoms with E-state index >= 15 is 0 Å². The second-order valence-corrected chi connectivity index (χ2v) is 3.56. The number of hydrogen-bond acceptors (Lipinski definition) is 2. The summed E-state index contributed by atoms with van der Waals surface area (Å²) in [6.45, 7) is 5.09. The molecule has 0 amide bonds. The van der Waals surface area contributed by atoms with Crippen LogP contribution >= 0.6 is 0 Å². The van der Waals surface area contributed by atoms with Crippen molar-refractivity contribution in [1.82, 2.24) is 5.32 Å². The smallest absolute Gasteiger partial charge is 0.0625 e. The fourth-order valence-corrected chi connectivity index (χ4v) is 1.48. The van der Waals surface area contributed by atoms with Gasteiger partial charge in [-0.2, -0.15) is 0 Å². The molecule has 0 radical (unpaired) electrons. The predicted octanol–water partition coefficient (Wildman–Crippen LogP) is 1.59. The molecule has 0 fully saturated rings. The highest BCUT2D eigenvalue weighted by Crippen LogP contribution is 2.30. The minimum Gasteiger partial charge on any atom is -0.376 e. The van der Waals surface area contributed by atoms with Gasteiger partial charge in [-0.25, -0.2) is 0 Å². The Balaban J connectivity index is 2.38. The number of allylic oxidation sites excluding steroid dienone is 2. The van der Waals surface area contributed by atoms with E-state index in [2.05, 4.69) is 19.2 Å². The third kappa shape index (κ3) is 2.22. The average Bonchev–Trinajstić information content (AvgIpc) is 1.93. The van der Waals surface area contributed by atoms with Gasteiger partial charge in [-0.3, -0.25) is 0 Å². The summed E-state index contributed by atoms with van der Waals surface area (Å²) >= 11 is 0. The lowest BCUT2D eigenvalue weighted by molar-refractivity contribution is 0.563. The van der Waals surface area contributed by atoms with E-state index in [4.69, 9.17) is 5.73 Å². The molecule has 0 saturated carbocycles. The Morgan fingerprint density at radius 2 is 2.18 bits per heavy atom. The molecular weight excluding hydrogens is 136 g/mol. The summed E-state index contributed by atoms with van der Waals surface area (Å²) in [6.07, 6.45) is 3.72. The first-order valence-corrected chi connectivity index (χ1v) is 4.39. The molecule has 0 aromatic rings. The molecule has 2 heteroatoms. The van der Waals surface area contributed by atoms with Crippen molar-refractivity contribution in [3.8, 4) is 0 Å². The van der Waals surface area contributed by atoms with E-state index in [0.717, 1.165) is 5.92 Å². The minimum atomic E-state index is 0.580. The maximum Gasteiger partial charge on any atom is 0.0625 e. The van der Waals surface area contributed by atoms with E-state index in [1.54, 1.807) is 5.57 Å². The molecule has 0 aromatic carbocycles. The first-order valence-electron chi connectivity index (χ1n) is 4.39. The number of hydrogen-bond donors (Lipinski definition) is 2. The quantitative estimate of drug-likeness (QED) is 0.603. The molecule has 0 atom stereocenters. The van der Waals surface area contributed by atoms with Crippen molar-refractivity contribution in [3.05, 3.63) is 11.3 Å². The third-order valence-electron chi connectivity index (χ3n) is 2.07. The van der Waals surface area contributed by atoms with Gasteiger partial charge in [0.15, 0.2) is 0 Å². The van der Waals surface area contributed by atoms with Gasteiger partial charge in [0, 0.05) is 5.70 Å². The Morgan fingerprint density at radius 1 is 1.45 bits per heavy atom. The maximum atomic E-state index is 5.39. The topological polar surface area (TPSA) is 38.0 Å². The Bertz CT molecular complexity index is 159. The van der Waals surface area contributed by atoms with Crippen LogP contribution < -0.4 is 11.1 Å². The zero-order valence-corrected chi connectivity index (χ0v) is 7.48. The normalized spacial score (nSPS) is 17.1. The Kier molecular flexibility index (Phi) is 2.94. The highest BCUT2D eigenvalue weighted by Gasteiger charge is 2.16. The van der Waals surface area contributed by atoms with Gasteiger partial charge in [0.1, 0.15) is 0 Å². The van der Waals surface area contributed by atoms with Crippen molar-refractivity contribution >= 4 is 0 Å². The van der Waals surface area contributed by atoms with Crippen molar-refractivity contribution < 1.29 is 0 Å². The molecule has 11 heavy (non-hydrogen) atoms. The number of nitrogens with one attached hydrogen (secondary N) is 1. The van der Waals surface area contributed by atoms with Crippen LogP contribution in [0.25, 0.3) is 0 Å². The van der Waals surface area contributed by atoms with Crippen molar-refractivity contribution in [2.75, 3.05) is 6.67 Å². The zero-order chi connectivity index (χ0) is 8.27. The van der Waals surface area contributed by atoms with Gasteiger partial charge in [0.25, 0.3) is 0 Å². The molecule has 0 saturated heterocycles. The van der Waals surface area contributed by atoms with Crippen molar-refractivity contribution in [2.24, 2.45) is 11.7 Å². The average molecular weight is 154 g/mol. The van der Waals surface area contributed by atoms with Gasteiger partial charge < -0.3 is 11.1 Å². The Morgan fingerprint density at radius 3 is 2.55 bits per heavy atom.